The number of nitrogens with zero attached hydrogens (tertiary/aromatic N) is 3. The van der Waals surface area contributed by atoms with Gasteiger partial charge in [0.1, 0.15) is 17.3 Å². The zero-order valence-electron chi connectivity index (χ0n) is 15.2. The van der Waals surface area contributed by atoms with E-state index in [4.69, 9.17) is 0 Å². The number of hydrogen-bond acceptors (Lipinski definition) is 4. The molecule has 0 atom stereocenters. The van der Waals surface area contributed by atoms with E-state index in [0.717, 1.165) is 38.0 Å². The van der Waals surface area contributed by atoms with Crippen LogP contribution in [0.2, 0.25) is 0 Å². The van der Waals surface area contributed by atoms with Crippen molar-refractivity contribution in [2.45, 2.75) is 40.0 Å². The summed E-state index contributed by atoms with van der Waals surface area (Å²) in [5, 5.41) is 3.35. The van der Waals surface area contributed by atoms with Gasteiger partial charge in [-0.2, -0.15) is 0 Å². The minimum Gasteiger partial charge on any atom is -0.340 e. The number of para-hydroxylation sites is 1. The lowest BCUT2D eigenvalue weighted by molar-refractivity contribution is 0.0691. The number of nitrogens with one attached hydrogen (secondary N) is 1. The van der Waals surface area contributed by atoms with Crippen molar-refractivity contribution in [2.24, 2.45) is 5.92 Å². The van der Waals surface area contributed by atoms with Gasteiger partial charge in [-0.1, -0.05) is 32.0 Å². The van der Waals surface area contributed by atoms with Crippen LogP contribution in [0, 0.1) is 12.8 Å². The first-order chi connectivity index (χ1) is 12.1. The maximum atomic E-state index is 12.8. The molecule has 5 heteroatoms. The van der Waals surface area contributed by atoms with Crippen LogP contribution in [0.3, 0.4) is 0 Å². The molecule has 2 aromatic rings. The number of amides is 1. The number of piperidine rings is 1. The van der Waals surface area contributed by atoms with E-state index >= 15 is 0 Å². The minimum atomic E-state index is 0.00391. The Morgan fingerprint density at radius 3 is 2.68 bits per heavy atom. The summed E-state index contributed by atoms with van der Waals surface area (Å²) in [7, 11) is 0. The third kappa shape index (κ3) is 4.16. The average Bonchev–Trinajstić information content (AvgIpc) is 2.62. The van der Waals surface area contributed by atoms with Gasteiger partial charge in [0.15, 0.2) is 0 Å². The number of hydrogen-bond donors (Lipinski definition) is 1. The molecule has 25 heavy (non-hydrogen) atoms. The number of anilines is 2. The normalized spacial score (nSPS) is 15.2. The summed E-state index contributed by atoms with van der Waals surface area (Å²) in [5.74, 6) is 1.97. The highest BCUT2D eigenvalue weighted by Crippen LogP contribution is 2.22. The maximum Gasteiger partial charge on any atom is 0.272 e. The number of rotatable bonds is 4. The van der Waals surface area contributed by atoms with Gasteiger partial charge in [0.25, 0.3) is 5.91 Å². The molecule has 0 saturated carbocycles. The van der Waals surface area contributed by atoms with Crippen LogP contribution in [0.4, 0.5) is 11.5 Å². The molecule has 1 N–H and O–H groups in total. The highest BCUT2D eigenvalue weighted by atomic mass is 16.2. The quantitative estimate of drug-likeness (QED) is 0.916. The molecule has 1 aromatic carbocycles. The van der Waals surface area contributed by atoms with E-state index in [9.17, 15) is 4.79 Å². The number of aryl methyl sites for hydroxylation is 2. The van der Waals surface area contributed by atoms with Crippen molar-refractivity contribution < 1.29 is 4.79 Å². The molecule has 0 aliphatic carbocycles. The molecule has 0 bridgehead atoms. The number of benzene rings is 1. The van der Waals surface area contributed by atoms with Gasteiger partial charge in [-0.15, -0.1) is 0 Å². The Bertz CT molecular complexity index is 751. The third-order valence-corrected chi connectivity index (χ3v) is 4.79. The van der Waals surface area contributed by atoms with E-state index < -0.39 is 0 Å². The Morgan fingerprint density at radius 2 is 1.96 bits per heavy atom. The first-order valence-electron chi connectivity index (χ1n) is 9.06. The van der Waals surface area contributed by atoms with Gasteiger partial charge in [0.2, 0.25) is 0 Å². The molecule has 2 heterocycles. The Morgan fingerprint density at radius 1 is 1.24 bits per heavy atom. The Hall–Kier alpha value is -2.43. The SMILES string of the molecule is CCc1ccccc1Nc1cc(C(=O)N2CCC(C)CC2)nc(C)n1. The van der Waals surface area contributed by atoms with E-state index in [1.54, 1.807) is 6.07 Å². The fourth-order valence-corrected chi connectivity index (χ4v) is 3.20. The van der Waals surface area contributed by atoms with Crippen molar-refractivity contribution in [3.63, 3.8) is 0 Å². The van der Waals surface area contributed by atoms with Crippen LogP contribution in [0.25, 0.3) is 0 Å². The van der Waals surface area contributed by atoms with Crippen LogP contribution in [-0.2, 0) is 6.42 Å². The molecular weight excluding hydrogens is 312 g/mol. The van der Waals surface area contributed by atoms with Crippen LogP contribution < -0.4 is 5.32 Å². The number of carbonyl (C=O) groups is 1. The van der Waals surface area contributed by atoms with Crippen molar-refractivity contribution in [2.75, 3.05) is 18.4 Å². The summed E-state index contributed by atoms with van der Waals surface area (Å²) >= 11 is 0. The molecular formula is C20H26N4O. The standard InChI is InChI=1S/C20H26N4O/c1-4-16-7-5-6-8-17(16)23-19-13-18(21-15(3)22-19)20(25)24-11-9-14(2)10-12-24/h5-8,13-14H,4,9-12H2,1-3H3,(H,21,22,23). The van der Waals surface area contributed by atoms with Crippen LogP contribution >= 0.6 is 0 Å². The highest BCUT2D eigenvalue weighted by Gasteiger charge is 2.23. The van der Waals surface area contributed by atoms with Crippen LogP contribution in [0.1, 0.15) is 48.6 Å². The molecule has 5 nitrogen and oxygen atoms in total. The summed E-state index contributed by atoms with van der Waals surface area (Å²) in [6, 6.07) is 9.92. The van der Waals surface area contributed by atoms with Crippen molar-refractivity contribution in [1.29, 1.82) is 0 Å². The molecule has 0 unspecified atom stereocenters. The fraction of sp³-hybridized carbons (Fsp3) is 0.450. The number of aromatic nitrogens is 2. The summed E-state index contributed by atoms with van der Waals surface area (Å²) in [5.41, 5.74) is 2.71. The Balaban J connectivity index is 1.82. The van der Waals surface area contributed by atoms with E-state index in [2.05, 4.69) is 35.2 Å². The van der Waals surface area contributed by atoms with Crippen LogP contribution in [0.5, 0.6) is 0 Å². The first-order valence-corrected chi connectivity index (χ1v) is 9.06. The van der Waals surface area contributed by atoms with Crippen molar-refractivity contribution in [1.82, 2.24) is 14.9 Å². The predicted octanol–water partition coefficient (Wildman–Crippen LogP) is 3.96. The number of carbonyl (C=O) groups excluding carboxylic acids is 1. The topological polar surface area (TPSA) is 58.1 Å². The van der Waals surface area contributed by atoms with Crippen molar-refractivity contribution >= 4 is 17.4 Å². The summed E-state index contributed by atoms with van der Waals surface area (Å²) < 4.78 is 0. The van der Waals surface area contributed by atoms with Gasteiger partial charge in [-0.25, -0.2) is 9.97 Å². The smallest absolute Gasteiger partial charge is 0.272 e. The van der Waals surface area contributed by atoms with E-state index in [0.29, 0.717) is 23.3 Å². The van der Waals surface area contributed by atoms with Crippen LogP contribution in [0.15, 0.2) is 30.3 Å². The molecule has 1 fully saturated rings. The summed E-state index contributed by atoms with van der Waals surface area (Å²) in [4.78, 5) is 23.5. The van der Waals surface area contributed by atoms with Gasteiger partial charge in [-0.05, 0) is 43.7 Å². The molecule has 1 aromatic heterocycles. The lowest BCUT2D eigenvalue weighted by atomic mass is 9.99. The molecule has 3 rings (SSSR count). The zero-order valence-corrected chi connectivity index (χ0v) is 15.2. The lowest BCUT2D eigenvalue weighted by Gasteiger charge is -2.30. The lowest BCUT2D eigenvalue weighted by Crippen LogP contribution is -2.38. The molecule has 1 amide bonds. The van der Waals surface area contributed by atoms with Crippen LogP contribution in [-0.4, -0.2) is 33.9 Å². The second-order valence-electron chi connectivity index (χ2n) is 6.80. The van der Waals surface area contributed by atoms with E-state index in [1.165, 1.54) is 5.56 Å². The molecule has 1 aliphatic heterocycles. The Kier molecular flexibility index (Phi) is 5.31. The van der Waals surface area contributed by atoms with Gasteiger partial charge < -0.3 is 10.2 Å². The van der Waals surface area contributed by atoms with Crippen molar-refractivity contribution in [3.05, 3.63) is 47.4 Å². The molecule has 1 aliphatic rings. The minimum absolute atomic E-state index is 0.00391. The Labute approximate surface area is 149 Å². The summed E-state index contributed by atoms with van der Waals surface area (Å²) in [6.07, 6.45) is 3.06. The highest BCUT2D eigenvalue weighted by molar-refractivity contribution is 5.93. The average molecular weight is 338 g/mol. The van der Waals surface area contributed by atoms with Gasteiger partial charge >= 0.3 is 0 Å². The van der Waals surface area contributed by atoms with Crippen molar-refractivity contribution in [3.8, 4) is 0 Å². The molecule has 0 spiro atoms. The monoisotopic (exact) mass is 338 g/mol. The molecule has 132 valence electrons. The second-order valence-corrected chi connectivity index (χ2v) is 6.80. The largest absolute Gasteiger partial charge is 0.340 e. The zero-order chi connectivity index (χ0) is 17.8. The van der Waals surface area contributed by atoms with Gasteiger partial charge in [0.05, 0.1) is 0 Å². The number of likely N-dealkylation sites (tertiary alicyclic amines) is 1. The first kappa shape index (κ1) is 17.4. The third-order valence-electron chi connectivity index (χ3n) is 4.79. The predicted molar refractivity (Wildman–Crippen MR) is 100 cm³/mol. The van der Waals surface area contributed by atoms with Gasteiger partial charge in [-0.3, -0.25) is 4.79 Å². The molecule has 0 radical (unpaired) electrons. The fourth-order valence-electron chi connectivity index (χ4n) is 3.20. The van der Waals surface area contributed by atoms with E-state index in [1.807, 2.05) is 30.0 Å². The second kappa shape index (κ2) is 7.64. The van der Waals surface area contributed by atoms with E-state index in [-0.39, 0.29) is 5.91 Å². The maximum absolute atomic E-state index is 12.8. The summed E-state index contributed by atoms with van der Waals surface area (Å²) in [6.45, 7) is 7.81. The molecule has 1 saturated heterocycles. The van der Waals surface area contributed by atoms with Gasteiger partial charge in [0, 0.05) is 24.8 Å².